The third-order valence-electron chi connectivity index (χ3n) is 2.64. The number of anilines is 1. The van der Waals surface area contributed by atoms with E-state index in [1.165, 1.54) is 18.2 Å². The molecule has 112 valence electrons. The van der Waals surface area contributed by atoms with Crippen molar-refractivity contribution in [1.29, 1.82) is 0 Å². The first-order valence-electron chi connectivity index (χ1n) is 5.68. The van der Waals surface area contributed by atoms with Crippen LogP contribution >= 0.6 is 26.6 Å². The molecule has 1 N–H and O–H groups in total. The van der Waals surface area contributed by atoms with Gasteiger partial charge in [-0.25, -0.2) is 8.42 Å². The lowest BCUT2D eigenvalue weighted by Gasteiger charge is -2.09. The number of halogens is 2. The second-order valence-electron chi connectivity index (χ2n) is 4.31. The highest BCUT2D eigenvalue weighted by molar-refractivity contribution is 9.10. The monoisotopic (exact) mass is 392 g/mol. The average molecular weight is 394 g/mol. The molecule has 21 heavy (non-hydrogen) atoms. The van der Waals surface area contributed by atoms with Gasteiger partial charge in [0, 0.05) is 21.2 Å². The molecule has 0 saturated carbocycles. The van der Waals surface area contributed by atoms with Crippen LogP contribution in [0.25, 0.3) is 0 Å². The van der Waals surface area contributed by atoms with Crippen molar-refractivity contribution >= 4 is 47.3 Å². The minimum atomic E-state index is -3.85. The number of hydrogen-bond donors (Lipinski definition) is 1. The van der Waals surface area contributed by atoms with E-state index in [0.29, 0.717) is 21.5 Å². The van der Waals surface area contributed by atoms with Gasteiger partial charge in [-0.2, -0.15) is 0 Å². The van der Waals surface area contributed by atoms with Crippen LogP contribution < -0.4 is 5.32 Å². The lowest BCUT2D eigenvalue weighted by atomic mass is 10.2. The molecule has 0 spiro atoms. The lowest BCUT2D eigenvalue weighted by Crippen LogP contribution is -2.13. The van der Waals surface area contributed by atoms with Crippen molar-refractivity contribution in [2.75, 3.05) is 5.32 Å². The number of benzene rings is 1. The molecule has 0 aliphatic heterocycles. The maximum Gasteiger partial charge on any atom is 0.277 e. The van der Waals surface area contributed by atoms with Crippen molar-refractivity contribution in [2.45, 2.75) is 18.7 Å². The fourth-order valence-electron chi connectivity index (χ4n) is 1.68. The zero-order chi connectivity index (χ0) is 15.8. The Morgan fingerprint density at radius 2 is 2.00 bits per heavy atom. The van der Waals surface area contributed by atoms with Crippen molar-refractivity contribution < 1.29 is 17.7 Å². The number of nitrogens with one attached hydrogen (secondary N) is 1. The predicted molar refractivity (Wildman–Crippen MR) is 81.1 cm³/mol. The molecule has 0 fully saturated rings. The van der Waals surface area contributed by atoms with Gasteiger partial charge in [0.25, 0.3) is 15.0 Å². The van der Waals surface area contributed by atoms with Crippen LogP contribution in [0.1, 0.15) is 21.8 Å². The zero-order valence-electron chi connectivity index (χ0n) is 11.0. The minimum Gasteiger partial charge on any atom is -0.361 e. The molecule has 0 aliphatic carbocycles. The van der Waals surface area contributed by atoms with Crippen molar-refractivity contribution in [2.24, 2.45) is 0 Å². The van der Waals surface area contributed by atoms with Crippen LogP contribution in [0.3, 0.4) is 0 Å². The number of nitrogens with zero attached hydrogens (tertiary/aromatic N) is 1. The predicted octanol–water partition coefficient (Wildman–Crippen LogP) is 3.23. The Kier molecular flexibility index (Phi) is 4.40. The lowest BCUT2D eigenvalue weighted by molar-refractivity contribution is 0.101. The number of aromatic nitrogens is 1. The molecule has 0 aliphatic rings. The molecule has 6 nitrogen and oxygen atoms in total. The smallest absolute Gasteiger partial charge is 0.277 e. The van der Waals surface area contributed by atoms with Gasteiger partial charge in [-0.15, -0.1) is 0 Å². The minimum absolute atomic E-state index is 0.0219. The quantitative estimate of drug-likeness (QED) is 0.809. The van der Waals surface area contributed by atoms with Crippen LogP contribution in [-0.4, -0.2) is 19.5 Å². The summed E-state index contributed by atoms with van der Waals surface area (Å²) in [4.78, 5) is 12.0. The standard InChI is InChI=1S/C12H10BrClN2O4S/c1-6-3-9(8(13)5-11(6)21(14,18)19)15-12(17)10-4-7(2)20-16-10/h3-5H,1-2H3,(H,15,17). The van der Waals surface area contributed by atoms with Gasteiger partial charge in [0.15, 0.2) is 5.69 Å². The maximum atomic E-state index is 12.0. The van der Waals surface area contributed by atoms with Crippen LogP contribution in [0.15, 0.2) is 32.1 Å². The van der Waals surface area contributed by atoms with E-state index in [0.717, 1.165) is 0 Å². The van der Waals surface area contributed by atoms with Crippen LogP contribution in [0.5, 0.6) is 0 Å². The van der Waals surface area contributed by atoms with Gasteiger partial charge in [0.1, 0.15) is 5.76 Å². The molecule has 2 rings (SSSR count). The Bertz CT molecular complexity index is 817. The van der Waals surface area contributed by atoms with Crippen LogP contribution in [0.2, 0.25) is 0 Å². The van der Waals surface area contributed by atoms with Crippen LogP contribution in [-0.2, 0) is 9.05 Å². The number of amides is 1. The molecule has 1 aromatic heterocycles. The molecule has 0 saturated heterocycles. The number of carbonyl (C=O) groups is 1. The van der Waals surface area contributed by atoms with Crippen molar-refractivity contribution in [3.8, 4) is 0 Å². The topological polar surface area (TPSA) is 89.3 Å². The molecule has 1 amide bonds. The molecule has 1 aromatic carbocycles. The Balaban J connectivity index is 2.34. The largest absolute Gasteiger partial charge is 0.361 e. The summed E-state index contributed by atoms with van der Waals surface area (Å²) < 4.78 is 28.0. The summed E-state index contributed by atoms with van der Waals surface area (Å²) in [7, 11) is 1.49. The number of hydrogen-bond acceptors (Lipinski definition) is 5. The molecule has 0 radical (unpaired) electrons. The zero-order valence-corrected chi connectivity index (χ0v) is 14.1. The molecule has 2 aromatic rings. The van der Waals surface area contributed by atoms with Gasteiger partial charge < -0.3 is 9.84 Å². The molecule has 0 atom stereocenters. The fourth-order valence-corrected chi connectivity index (χ4v) is 3.48. The van der Waals surface area contributed by atoms with E-state index >= 15 is 0 Å². The first kappa shape index (κ1) is 16.0. The average Bonchev–Trinajstić information content (AvgIpc) is 2.78. The normalized spacial score (nSPS) is 11.4. The Morgan fingerprint density at radius 3 is 2.52 bits per heavy atom. The van der Waals surface area contributed by atoms with Crippen molar-refractivity contribution in [1.82, 2.24) is 5.16 Å². The second kappa shape index (κ2) is 5.78. The highest BCUT2D eigenvalue weighted by Crippen LogP contribution is 2.30. The number of rotatable bonds is 3. The Labute approximate surface area is 134 Å². The van der Waals surface area contributed by atoms with Crippen LogP contribution in [0, 0.1) is 13.8 Å². The second-order valence-corrected chi connectivity index (χ2v) is 7.70. The summed E-state index contributed by atoms with van der Waals surface area (Å²) in [6.45, 7) is 3.25. The van der Waals surface area contributed by atoms with Crippen LogP contribution in [0.4, 0.5) is 5.69 Å². The van der Waals surface area contributed by atoms with Gasteiger partial charge >= 0.3 is 0 Å². The fraction of sp³-hybridized carbons (Fsp3) is 0.167. The van der Waals surface area contributed by atoms with E-state index in [9.17, 15) is 13.2 Å². The van der Waals surface area contributed by atoms with Gasteiger partial charge in [-0.3, -0.25) is 4.79 Å². The van der Waals surface area contributed by atoms with E-state index in [1.54, 1.807) is 13.8 Å². The molecule has 9 heteroatoms. The van der Waals surface area contributed by atoms with Gasteiger partial charge in [-0.1, -0.05) is 5.16 Å². The summed E-state index contributed by atoms with van der Waals surface area (Å²) >= 11 is 3.20. The van der Waals surface area contributed by atoms with E-state index in [4.69, 9.17) is 15.2 Å². The first-order valence-corrected chi connectivity index (χ1v) is 8.78. The highest BCUT2D eigenvalue weighted by Gasteiger charge is 2.18. The number of carbonyl (C=O) groups excluding carboxylic acids is 1. The highest BCUT2D eigenvalue weighted by atomic mass is 79.9. The van der Waals surface area contributed by atoms with E-state index in [2.05, 4.69) is 26.4 Å². The summed E-state index contributed by atoms with van der Waals surface area (Å²) in [5.41, 5.74) is 0.952. The Hall–Kier alpha value is -1.38. The third-order valence-corrected chi connectivity index (χ3v) is 4.76. The summed E-state index contributed by atoms with van der Waals surface area (Å²) in [6, 6.07) is 4.33. The first-order chi connectivity index (χ1) is 9.68. The van der Waals surface area contributed by atoms with E-state index in [1.807, 2.05) is 0 Å². The van der Waals surface area contributed by atoms with Crippen molar-refractivity contribution in [3.63, 3.8) is 0 Å². The molecule has 0 unspecified atom stereocenters. The molecular weight excluding hydrogens is 384 g/mol. The van der Waals surface area contributed by atoms with E-state index < -0.39 is 15.0 Å². The molecule has 0 bridgehead atoms. The molecular formula is C12H10BrClN2O4S. The van der Waals surface area contributed by atoms with Gasteiger partial charge in [-0.05, 0) is 47.5 Å². The van der Waals surface area contributed by atoms with Crippen molar-refractivity contribution in [3.05, 3.63) is 39.7 Å². The summed E-state index contributed by atoms with van der Waals surface area (Å²) in [5.74, 6) is 0.0485. The summed E-state index contributed by atoms with van der Waals surface area (Å²) in [6.07, 6.45) is 0. The van der Waals surface area contributed by atoms with Gasteiger partial charge in [0.05, 0.1) is 10.6 Å². The molecule has 1 heterocycles. The summed E-state index contributed by atoms with van der Waals surface area (Å²) in [5, 5.41) is 6.21. The SMILES string of the molecule is Cc1cc(C(=O)Nc2cc(C)c(S(=O)(=O)Cl)cc2Br)no1. The Morgan fingerprint density at radius 1 is 1.33 bits per heavy atom. The number of aryl methyl sites for hydroxylation is 2. The van der Waals surface area contributed by atoms with E-state index in [-0.39, 0.29) is 10.6 Å². The third kappa shape index (κ3) is 3.63. The maximum absolute atomic E-state index is 12.0. The van der Waals surface area contributed by atoms with Gasteiger partial charge in [0.2, 0.25) is 0 Å².